The molecule has 0 atom stereocenters. The first kappa shape index (κ1) is 12.8. The summed E-state index contributed by atoms with van der Waals surface area (Å²) in [6, 6.07) is 1.28. The summed E-state index contributed by atoms with van der Waals surface area (Å²) in [6.45, 7) is 3.19. The molecule has 0 bridgehead atoms. The molecule has 1 heterocycles. The van der Waals surface area contributed by atoms with Crippen molar-refractivity contribution in [1.82, 2.24) is 4.98 Å². The van der Waals surface area contributed by atoms with Crippen molar-refractivity contribution >= 4 is 17.6 Å². The van der Waals surface area contributed by atoms with Gasteiger partial charge >= 0.3 is 5.97 Å². The molecule has 0 amide bonds. The highest BCUT2D eigenvalue weighted by molar-refractivity contribution is 6.33. The molecule has 6 heteroatoms. The van der Waals surface area contributed by atoms with Gasteiger partial charge in [-0.3, -0.25) is 0 Å². The molecule has 0 fully saturated rings. The fourth-order valence-corrected chi connectivity index (χ4v) is 1.44. The highest BCUT2D eigenvalue weighted by Crippen LogP contribution is 2.25. The fourth-order valence-electron chi connectivity index (χ4n) is 1.16. The predicted molar refractivity (Wildman–Crippen MR) is 54.9 cm³/mol. The zero-order chi connectivity index (χ0) is 12.3. The van der Waals surface area contributed by atoms with Gasteiger partial charge in [-0.05, 0) is 25.5 Å². The van der Waals surface area contributed by atoms with Crippen LogP contribution in [0.15, 0.2) is 6.07 Å². The Kier molecular flexibility index (Phi) is 4.18. The van der Waals surface area contributed by atoms with Crippen LogP contribution in [0.25, 0.3) is 0 Å². The molecule has 1 rings (SSSR count). The van der Waals surface area contributed by atoms with Crippen LogP contribution in [-0.2, 0) is 4.74 Å². The maximum Gasteiger partial charge on any atom is 0.358 e. The lowest BCUT2D eigenvalue weighted by Gasteiger charge is -2.08. The first-order valence-corrected chi connectivity index (χ1v) is 4.97. The van der Waals surface area contributed by atoms with Crippen LogP contribution in [0.2, 0.25) is 5.02 Å². The Morgan fingerprint density at radius 2 is 2.25 bits per heavy atom. The number of aryl methyl sites for hydroxylation is 1. The number of hydrogen-bond acceptors (Lipinski definition) is 3. The predicted octanol–water partition coefficient (Wildman–Crippen LogP) is 3.16. The number of ether oxygens (including phenoxy) is 1. The summed E-state index contributed by atoms with van der Waals surface area (Å²) in [5.41, 5.74) is -0.482. The van der Waals surface area contributed by atoms with Crippen LogP contribution >= 0.6 is 11.6 Å². The molecule has 16 heavy (non-hydrogen) atoms. The number of hydrogen-bond donors (Lipinski definition) is 0. The third-order valence-electron chi connectivity index (χ3n) is 1.88. The molecule has 3 nitrogen and oxygen atoms in total. The van der Waals surface area contributed by atoms with Crippen molar-refractivity contribution < 1.29 is 18.3 Å². The molecule has 0 aliphatic rings. The van der Waals surface area contributed by atoms with Crippen molar-refractivity contribution in [3.63, 3.8) is 0 Å². The quantitative estimate of drug-likeness (QED) is 0.773. The van der Waals surface area contributed by atoms with Gasteiger partial charge in [-0.15, -0.1) is 0 Å². The van der Waals surface area contributed by atoms with E-state index in [0.717, 1.165) is 0 Å². The summed E-state index contributed by atoms with van der Waals surface area (Å²) >= 11 is 5.73. The molecule has 0 saturated heterocycles. The van der Waals surface area contributed by atoms with E-state index in [1.54, 1.807) is 6.92 Å². The third kappa shape index (κ3) is 2.66. The number of rotatable bonds is 3. The summed E-state index contributed by atoms with van der Waals surface area (Å²) in [4.78, 5) is 14.9. The van der Waals surface area contributed by atoms with Gasteiger partial charge in [-0.2, -0.15) is 0 Å². The number of esters is 1. The second kappa shape index (κ2) is 5.21. The van der Waals surface area contributed by atoms with Gasteiger partial charge in [0.05, 0.1) is 11.6 Å². The lowest BCUT2D eigenvalue weighted by Crippen LogP contribution is -2.10. The number of aromatic nitrogens is 1. The molecule has 1 aromatic heterocycles. The number of pyridine rings is 1. The Balaban J connectivity index is 3.19. The van der Waals surface area contributed by atoms with E-state index in [2.05, 4.69) is 9.72 Å². The minimum atomic E-state index is -2.74. The zero-order valence-corrected chi connectivity index (χ0v) is 9.52. The molecule has 0 spiro atoms. The van der Waals surface area contributed by atoms with Crippen LogP contribution in [0.5, 0.6) is 0 Å². The van der Waals surface area contributed by atoms with Crippen LogP contribution in [0, 0.1) is 6.92 Å². The molecule has 0 saturated carbocycles. The molecular formula is C10H10ClF2NO2. The van der Waals surface area contributed by atoms with Crippen molar-refractivity contribution in [3.8, 4) is 0 Å². The maximum atomic E-state index is 12.5. The Hall–Kier alpha value is -1.23. The first-order valence-electron chi connectivity index (χ1n) is 4.59. The lowest BCUT2D eigenvalue weighted by atomic mass is 10.2. The van der Waals surface area contributed by atoms with Gasteiger partial charge in [0.15, 0.2) is 5.69 Å². The van der Waals surface area contributed by atoms with Gasteiger partial charge in [0.2, 0.25) is 0 Å². The van der Waals surface area contributed by atoms with Crippen molar-refractivity contribution in [2.45, 2.75) is 20.3 Å². The number of nitrogens with zero attached hydrogens (tertiary/aromatic N) is 1. The Morgan fingerprint density at radius 3 is 2.75 bits per heavy atom. The van der Waals surface area contributed by atoms with E-state index < -0.39 is 18.1 Å². The second-order valence-electron chi connectivity index (χ2n) is 3.04. The van der Waals surface area contributed by atoms with E-state index in [4.69, 9.17) is 11.6 Å². The smallest absolute Gasteiger partial charge is 0.358 e. The third-order valence-corrected chi connectivity index (χ3v) is 2.17. The molecule has 1 aromatic rings. The van der Waals surface area contributed by atoms with Crippen molar-refractivity contribution in [1.29, 1.82) is 0 Å². The lowest BCUT2D eigenvalue weighted by molar-refractivity contribution is 0.0518. The molecule has 0 unspecified atom stereocenters. The van der Waals surface area contributed by atoms with Crippen LogP contribution in [0.1, 0.15) is 35.1 Å². The number of halogens is 3. The summed E-state index contributed by atoms with van der Waals surface area (Å²) in [7, 11) is 0. The Bertz CT molecular complexity index is 410. The van der Waals surface area contributed by atoms with Crippen LogP contribution in [-0.4, -0.2) is 17.6 Å². The van der Waals surface area contributed by atoms with Crippen LogP contribution in [0.3, 0.4) is 0 Å². The van der Waals surface area contributed by atoms with E-state index >= 15 is 0 Å². The molecular weight excluding hydrogens is 240 g/mol. The molecule has 0 N–H and O–H groups in total. The van der Waals surface area contributed by atoms with Crippen LogP contribution in [0.4, 0.5) is 8.78 Å². The van der Waals surface area contributed by atoms with Gasteiger partial charge in [0.25, 0.3) is 6.43 Å². The van der Waals surface area contributed by atoms with Crippen molar-refractivity contribution in [2.24, 2.45) is 0 Å². The monoisotopic (exact) mass is 249 g/mol. The largest absolute Gasteiger partial charge is 0.461 e. The molecule has 0 aliphatic carbocycles. The number of carbonyl (C=O) groups excluding carboxylic acids is 1. The molecule has 0 aromatic carbocycles. The van der Waals surface area contributed by atoms with Gasteiger partial charge < -0.3 is 4.74 Å². The van der Waals surface area contributed by atoms with Gasteiger partial charge in [0, 0.05) is 0 Å². The summed E-state index contributed by atoms with van der Waals surface area (Å²) in [6.07, 6.45) is -2.74. The number of carbonyl (C=O) groups is 1. The standard InChI is InChI=1S/C10H10ClF2NO2/c1-3-16-10(15)8-6(11)4-5(2)7(14-8)9(12)13/h4,9H,3H2,1-2H3. The van der Waals surface area contributed by atoms with Crippen molar-refractivity contribution in [3.05, 3.63) is 28.0 Å². The van der Waals surface area contributed by atoms with E-state index in [-0.39, 0.29) is 22.9 Å². The maximum absolute atomic E-state index is 12.5. The summed E-state index contributed by atoms with van der Waals surface area (Å²) in [5.74, 6) is -0.797. The van der Waals surface area contributed by atoms with Gasteiger partial charge in [-0.1, -0.05) is 11.6 Å². The normalized spacial score (nSPS) is 10.6. The van der Waals surface area contributed by atoms with E-state index in [9.17, 15) is 13.6 Å². The van der Waals surface area contributed by atoms with Crippen LogP contribution < -0.4 is 0 Å². The second-order valence-corrected chi connectivity index (χ2v) is 3.45. The van der Waals surface area contributed by atoms with E-state index in [1.807, 2.05) is 0 Å². The highest BCUT2D eigenvalue weighted by Gasteiger charge is 2.20. The minimum absolute atomic E-state index is 0.0142. The van der Waals surface area contributed by atoms with E-state index in [0.29, 0.717) is 0 Å². The fraction of sp³-hybridized carbons (Fsp3) is 0.400. The molecule has 88 valence electrons. The topological polar surface area (TPSA) is 39.2 Å². The SMILES string of the molecule is CCOC(=O)c1nc(C(F)F)c(C)cc1Cl. The average molecular weight is 250 g/mol. The highest BCUT2D eigenvalue weighted by atomic mass is 35.5. The molecule has 0 aliphatic heterocycles. The minimum Gasteiger partial charge on any atom is -0.461 e. The van der Waals surface area contributed by atoms with E-state index in [1.165, 1.54) is 13.0 Å². The number of alkyl halides is 2. The summed E-state index contributed by atoms with van der Waals surface area (Å²) < 4.78 is 29.7. The van der Waals surface area contributed by atoms with Crippen molar-refractivity contribution in [2.75, 3.05) is 6.61 Å². The first-order chi connectivity index (χ1) is 7.47. The zero-order valence-electron chi connectivity index (χ0n) is 8.76. The average Bonchev–Trinajstić information content (AvgIpc) is 2.17. The Labute approximate surface area is 96.4 Å². The Morgan fingerprint density at radius 1 is 1.62 bits per heavy atom. The summed E-state index contributed by atoms with van der Waals surface area (Å²) in [5, 5.41) is 0.0142. The van der Waals surface area contributed by atoms with Gasteiger partial charge in [0.1, 0.15) is 5.69 Å². The van der Waals surface area contributed by atoms with Gasteiger partial charge in [-0.25, -0.2) is 18.6 Å². The molecule has 0 radical (unpaired) electrons.